The Morgan fingerprint density at radius 3 is 2.45 bits per heavy atom. The summed E-state index contributed by atoms with van der Waals surface area (Å²) in [6.07, 6.45) is 0.987. The van der Waals surface area contributed by atoms with E-state index in [9.17, 15) is 17.6 Å². The normalized spacial score (nSPS) is 11.5. The zero-order valence-electron chi connectivity index (χ0n) is 17.1. The van der Waals surface area contributed by atoms with Crippen LogP contribution in [-0.4, -0.2) is 43.5 Å². The van der Waals surface area contributed by atoms with Crippen molar-refractivity contribution in [3.05, 3.63) is 65.6 Å². The van der Waals surface area contributed by atoms with Crippen molar-refractivity contribution in [1.29, 1.82) is 0 Å². The van der Waals surface area contributed by atoms with Crippen molar-refractivity contribution in [2.45, 2.75) is 18.2 Å². The van der Waals surface area contributed by atoms with Crippen molar-refractivity contribution in [2.24, 2.45) is 0 Å². The lowest BCUT2D eigenvalue weighted by Crippen LogP contribution is -2.12. The van der Waals surface area contributed by atoms with Crippen molar-refractivity contribution < 1.29 is 27.4 Å². The molecule has 3 rings (SSSR count). The average molecular weight is 447 g/mol. The van der Waals surface area contributed by atoms with Gasteiger partial charge in [0.1, 0.15) is 12.4 Å². The number of carbonyl (C=O) groups excluding carboxylic acids is 1. The number of aliphatic hydroxyl groups is 1. The van der Waals surface area contributed by atoms with Crippen molar-refractivity contribution in [3.8, 4) is 16.9 Å². The lowest BCUT2D eigenvalue weighted by molar-refractivity contribution is -0.143. The molecule has 0 amide bonds. The number of ether oxygens (including phenoxy) is 1. The van der Waals surface area contributed by atoms with Crippen molar-refractivity contribution in [2.75, 3.05) is 25.2 Å². The molecule has 9 heteroatoms. The monoisotopic (exact) mass is 446 g/mol. The summed E-state index contributed by atoms with van der Waals surface area (Å²) in [5.41, 5.74) is 9.46. The number of hydrogen-bond donors (Lipinski definition) is 2. The summed E-state index contributed by atoms with van der Waals surface area (Å²) in [6.45, 7) is 1.34. The Hall–Kier alpha value is -3.17. The van der Waals surface area contributed by atoms with E-state index in [0.717, 1.165) is 6.26 Å². The number of carbonyl (C=O) groups is 1. The molecule has 0 spiro atoms. The van der Waals surface area contributed by atoms with Gasteiger partial charge in [0.2, 0.25) is 0 Å². The topological polar surface area (TPSA) is 112 Å². The number of anilines is 1. The number of halogens is 1. The number of sulfone groups is 1. The zero-order chi connectivity index (χ0) is 22.8. The van der Waals surface area contributed by atoms with Gasteiger partial charge in [-0.3, -0.25) is 4.79 Å². The van der Waals surface area contributed by atoms with E-state index in [2.05, 4.69) is 0 Å². The SMILES string of the molecule is Cc1c(CC(=O)OCCO)c(N)c(-c2ccc(S(C)(=O)=O)cc2)n1-c1cccc(F)c1. The van der Waals surface area contributed by atoms with Crippen LogP contribution in [0, 0.1) is 12.7 Å². The minimum atomic E-state index is -3.38. The van der Waals surface area contributed by atoms with E-state index in [4.69, 9.17) is 15.6 Å². The Labute approximate surface area is 179 Å². The molecule has 0 aliphatic rings. The fraction of sp³-hybridized carbons (Fsp3) is 0.227. The highest BCUT2D eigenvalue weighted by atomic mass is 32.2. The maximum Gasteiger partial charge on any atom is 0.310 e. The molecule has 0 saturated carbocycles. The van der Waals surface area contributed by atoms with Gasteiger partial charge in [0, 0.05) is 28.8 Å². The second kappa shape index (κ2) is 8.91. The van der Waals surface area contributed by atoms with E-state index in [1.807, 2.05) is 0 Å². The first-order valence-electron chi connectivity index (χ1n) is 9.46. The summed E-state index contributed by atoms with van der Waals surface area (Å²) < 4.78 is 44.2. The first-order valence-corrected chi connectivity index (χ1v) is 11.3. The third-order valence-corrected chi connectivity index (χ3v) is 6.00. The number of hydrogen-bond acceptors (Lipinski definition) is 6. The van der Waals surface area contributed by atoms with Crippen LogP contribution in [0.15, 0.2) is 53.4 Å². The van der Waals surface area contributed by atoms with Gasteiger partial charge in [-0.25, -0.2) is 12.8 Å². The summed E-state index contributed by atoms with van der Waals surface area (Å²) in [4.78, 5) is 12.3. The number of nitrogens with zero attached hydrogens (tertiary/aromatic N) is 1. The largest absolute Gasteiger partial charge is 0.463 e. The molecule has 1 heterocycles. The summed E-state index contributed by atoms with van der Waals surface area (Å²) in [5, 5.41) is 8.86. The highest BCUT2D eigenvalue weighted by Gasteiger charge is 2.23. The van der Waals surface area contributed by atoms with Gasteiger partial charge in [0.15, 0.2) is 9.84 Å². The molecule has 3 N–H and O–H groups in total. The second-order valence-electron chi connectivity index (χ2n) is 7.06. The van der Waals surface area contributed by atoms with E-state index in [0.29, 0.717) is 33.9 Å². The van der Waals surface area contributed by atoms with Crippen molar-refractivity contribution >= 4 is 21.5 Å². The van der Waals surface area contributed by atoms with Crippen LogP contribution >= 0.6 is 0 Å². The van der Waals surface area contributed by atoms with Crippen LogP contribution in [0.25, 0.3) is 16.9 Å². The third kappa shape index (κ3) is 4.78. The maximum absolute atomic E-state index is 14.0. The van der Waals surface area contributed by atoms with Crippen LogP contribution in [0.4, 0.5) is 10.1 Å². The van der Waals surface area contributed by atoms with Crippen LogP contribution in [-0.2, 0) is 25.8 Å². The number of nitrogen functional groups attached to an aromatic ring is 1. The van der Waals surface area contributed by atoms with E-state index in [1.54, 1.807) is 35.8 Å². The number of nitrogens with two attached hydrogens (primary N) is 1. The van der Waals surface area contributed by atoms with E-state index >= 15 is 0 Å². The van der Waals surface area contributed by atoms with Gasteiger partial charge in [-0.05, 0) is 37.3 Å². The molecule has 1 aromatic heterocycles. The Morgan fingerprint density at radius 2 is 1.87 bits per heavy atom. The van der Waals surface area contributed by atoms with Crippen LogP contribution in [0.1, 0.15) is 11.3 Å². The molecule has 0 aliphatic carbocycles. The number of benzene rings is 2. The lowest BCUT2D eigenvalue weighted by atomic mass is 10.1. The maximum atomic E-state index is 14.0. The van der Waals surface area contributed by atoms with Gasteiger partial charge in [-0.2, -0.15) is 0 Å². The molecule has 0 aliphatic heterocycles. The molecule has 0 fully saturated rings. The second-order valence-corrected chi connectivity index (χ2v) is 9.07. The molecule has 0 unspecified atom stereocenters. The van der Waals surface area contributed by atoms with Gasteiger partial charge >= 0.3 is 5.97 Å². The summed E-state index contributed by atoms with van der Waals surface area (Å²) in [6, 6.07) is 12.1. The van der Waals surface area contributed by atoms with Gasteiger partial charge in [0.05, 0.1) is 29.3 Å². The molecular weight excluding hydrogens is 423 g/mol. The van der Waals surface area contributed by atoms with E-state index < -0.39 is 21.6 Å². The Bertz CT molecular complexity index is 1220. The zero-order valence-corrected chi connectivity index (χ0v) is 17.9. The number of esters is 1. The van der Waals surface area contributed by atoms with Gasteiger partial charge in [-0.15, -0.1) is 0 Å². The van der Waals surface area contributed by atoms with Crippen LogP contribution in [0.2, 0.25) is 0 Å². The summed E-state index contributed by atoms with van der Waals surface area (Å²) in [7, 11) is -3.38. The number of rotatable bonds is 7. The molecule has 3 aromatic rings. The van der Waals surface area contributed by atoms with Crippen LogP contribution < -0.4 is 5.73 Å². The molecule has 0 atom stereocenters. The highest BCUT2D eigenvalue weighted by molar-refractivity contribution is 7.90. The van der Waals surface area contributed by atoms with Crippen LogP contribution in [0.3, 0.4) is 0 Å². The minimum Gasteiger partial charge on any atom is -0.463 e. The molecule has 0 saturated heterocycles. The van der Waals surface area contributed by atoms with E-state index in [1.165, 1.54) is 24.3 Å². The van der Waals surface area contributed by atoms with Gasteiger partial charge in [-0.1, -0.05) is 18.2 Å². The fourth-order valence-electron chi connectivity index (χ4n) is 3.42. The smallest absolute Gasteiger partial charge is 0.310 e. The molecule has 0 radical (unpaired) electrons. The van der Waals surface area contributed by atoms with Crippen molar-refractivity contribution in [1.82, 2.24) is 4.57 Å². The quantitative estimate of drug-likeness (QED) is 0.540. The number of aromatic nitrogens is 1. The molecule has 7 nitrogen and oxygen atoms in total. The summed E-state index contributed by atoms with van der Waals surface area (Å²) in [5.74, 6) is -0.995. The first kappa shape index (κ1) is 22.5. The molecule has 164 valence electrons. The Balaban J connectivity index is 2.18. The Kier molecular flexibility index (Phi) is 6.47. The van der Waals surface area contributed by atoms with E-state index in [-0.39, 0.29) is 24.5 Å². The molecule has 0 bridgehead atoms. The van der Waals surface area contributed by atoms with Crippen molar-refractivity contribution in [3.63, 3.8) is 0 Å². The lowest BCUT2D eigenvalue weighted by Gasteiger charge is -2.13. The predicted molar refractivity (Wildman–Crippen MR) is 115 cm³/mol. The standard InChI is InChI=1S/C22H23FN2O5S/c1-14-19(13-20(27)30-11-10-26)21(24)22(25(14)17-5-3-4-16(23)12-17)15-6-8-18(9-7-15)31(2,28)29/h3-9,12,26H,10-11,13,24H2,1-2H3. The Morgan fingerprint density at radius 1 is 1.19 bits per heavy atom. The fourth-order valence-corrected chi connectivity index (χ4v) is 4.05. The van der Waals surface area contributed by atoms with Crippen LogP contribution in [0.5, 0.6) is 0 Å². The molecule has 2 aromatic carbocycles. The van der Waals surface area contributed by atoms with Gasteiger partial charge < -0.3 is 20.1 Å². The molecule has 31 heavy (non-hydrogen) atoms. The summed E-state index contributed by atoms with van der Waals surface area (Å²) >= 11 is 0. The number of aliphatic hydroxyl groups excluding tert-OH is 1. The van der Waals surface area contributed by atoms with Gasteiger partial charge in [0.25, 0.3) is 0 Å². The average Bonchev–Trinajstić information content (AvgIpc) is 2.96. The first-order chi connectivity index (χ1) is 14.6. The minimum absolute atomic E-state index is 0.123. The highest BCUT2D eigenvalue weighted by Crippen LogP contribution is 2.37. The molecular formula is C22H23FN2O5S. The predicted octanol–water partition coefficient (Wildman–Crippen LogP) is 2.66. The third-order valence-electron chi connectivity index (χ3n) is 4.87.